The van der Waals surface area contributed by atoms with Crippen LogP contribution >= 0.6 is 0 Å². The Morgan fingerprint density at radius 1 is 0.731 bits per heavy atom. The number of fused-ring (bicyclic) bond motifs is 3. The number of pyridine rings is 1. The number of unbranched alkanes of at least 4 members (excludes halogenated alkanes) is 2. The summed E-state index contributed by atoms with van der Waals surface area (Å²) in [5, 5.41) is 7.56. The van der Waals surface area contributed by atoms with E-state index in [1.165, 1.54) is 33.5 Å². The molecule has 0 aliphatic carbocycles. The van der Waals surface area contributed by atoms with E-state index in [-0.39, 0.29) is 20.4 Å². The van der Waals surface area contributed by atoms with Gasteiger partial charge in [-0.25, -0.2) is 4.98 Å². The molecule has 0 saturated carbocycles. The van der Waals surface area contributed by atoms with Crippen molar-refractivity contribution in [3.8, 4) is 39.9 Å². The van der Waals surface area contributed by atoms with Crippen molar-refractivity contribution in [2.45, 2.75) is 80.1 Å². The molecule has 0 radical (unpaired) electrons. The molecule has 0 unspecified atom stereocenters. The fraction of sp³-hybridized carbons (Fsp3) is 0.289. The molecule has 0 aliphatic heterocycles. The summed E-state index contributed by atoms with van der Waals surface area (Å²) in [6.45, 7) is 13.3. The Bertz CT molecular complexity index is 2350. The van der Waals surface area contributed by atoms with E-state index in [4.69, 9.17) is 19.6 Å². The summed E-state index contributed by atoms with van der Waals surface area (Å²) in [7, 11) is 1.67. The van der Waals surface area contributed by atoms with Crippen LogP contribution in [0, 0.1) is 39.8 Å². The molecule has 0 spiro atoms. The minimum Gasteiger partial charge on any atom is -0.509 e. The second-order valence-corrected chi connectivity index (χ2v) is 13.7. The van der Waals surface area contributed by atoms with Crippen LogP contribution in [-0.2, 0) is 33.3 Å². The Kier molecular flexibility index (Phi) is 11.3. The molecule has 0 fully saturated rings. The average Bonchev–Trinajstić information content (AvgIpc) is 3.64. The summed E-state index contributed by atoms with van der Waals surface area (Å²) in [5.74, 6) is 2.72. The standard InChI is InChI=1S/C45H46N4O2.Pd/c1-8-10-15-39-45(44-31(5)22-29(3)23-32(44)6)41(16-11-9-2)49(47-39)33-24-30(4)25-36(26-33)51-35-18-19-38-37-14-12-13-17-40(37)48(42(38)27-35)43-28-34(50-7)20-21-46-43;/h12-14,17-25,28H,8-11,15-16H2,1-7H3;/q-2;+2. The molecular formula is C45H46N4O2Pd. The van der Waals surface area contributed by atoms with E-state index in [1.807, 2.05) is 30.3 Å². The van der Waals surface area contributed by atoms with Gasteiger partial charge in [0, 0.05) is 40.5 Å². The van der Waals surface area contributed by atoms with Crippen molar-refractivity contribution in [1.82, 2.24) is 19.3 Å². The second-order valence-electron chi connectivity index (χ2n) is 13.7. The number of methoxy groups -OCH3 is 1. The molecule has 268 valence electrons. The fourth-order valence-corrected chi connectivity index (χ4v) is 7.43. The minimum atomic E-state index is 0. The number of ether oxygens (including phenoxy) is 2. The number of para-hydroxylation sites is 1. The molecule has 0 N–H and O–H groups in total. The molecule has 3 heterocycles. The van der Waals surface area contributed by atoms with Gasteiger partial charge < -0.3 is 14.0 Å². The summed E-state index contributed by atoms with van der Waals surface area (Å²) < 4.78 is 16.4. The number of benzene rings is 4. The molecule has 3 aromatic heterocycles. The van der Waals surface area contributed by atoms with E-state index in [2.05, 4.69) is 105 Å². The van der Waals surface area contributed by atoms with Gasteiger partial charge in [-0.15, -0.1) is 35.7 Å². The number of rotatable bonds is 12. The maximum atomic E-state index is 6.61. The molecule has 6 nitrogen and oxygen atoms in total. The van der Waals surface area contributed by atoms with Gasteiger partial charge in [0.15, 0.2) is 0 Å². The van der Waals surface area contributed by atoms with E-state index < -0.39 is 0 Å². The predicted molar refractivity (Wildman–Crippen MR) is 208 cm³/mol. The summed E-state index contributed by atoms with van der Waals surface area (Å²) in [5.41, 5.74) is 12.8. The third-order valence-electron chi connectivity index (χ3n) is 9.68. The maximum Gasteiger partial charge on any atom is 2.00 e. The first-order valence-electron chi connectivity index (χ1n) is 18.2. The van der Waals surface area contributed by atoms with Crippen molar-refractivity contribution in [3.05, 3.63) is 125 Å². The van der Waals surface area contributed by atoms with Crippen molar-refractivity contribution >= 4 is 21.8 Å². The van der Waals surface area contributed by atoms with E-state index in [0.717, 1.165) is 88.8 Å². The molecule has 0 saturated heterocycles. The minimum absolute atomic E-state index is 0. The SMILES string of the molecule is CCCCc1nn(-c2[c-]c(Oc3[c-]c4c(cc3)c3ccccc3n4-c3cc(OC)ccn3)cc(C)c2)c(CCCC)c1-c1c(C)cc(C)cc1C.[Pd+2]. The summed E-state index contributed by atoms with van der Waals surface area (Å²) in [6.07, 6.45) is 8.03. The van der Waals surface area contributed by atoms with Gasteiger partial charge in [0.1, 0.15) is 11.6 Å². The Morgan fingerprint density at radius 2 is 1.46 bits per heavy atom. The molecule has 7 heteroatoms. The Labute approximate surface area is 321 Å². The largest absolute Gasteiger partial charge is 2.00 e. The summed E-state index contributed by atoms with van der Waals surface area (Å²) in [4.78, 5) is 4.70. The van der Waals surface area contributed by atoms with E-state index in [0.29, 0.717) is 11.5 Å². The number of nitrogens with zero attached hydrogens (tertiary/aromatic N) is 4. The van der Waals surface area contributed by atoms with Crippen LogP contribution < -0.4 is 9.47 Å². The zero-order valence-corrected chi connectivity index (χ0v) is 32.7. The number of hydrogen-bond acceptors (Lipinski definition) is 4. The van der Waals surface area contributed by atoms with E-state index >= 15 is 0 Å². The van der Waals surface area contributed by atoms with Crippen LogP contribution in [0.4, 0.5) is 0 Å². The van der Waals surface area contributed by atoms with Gasteiger partial charge in [-0.1, -0.05) is 75.0 Å². The summed E-state index contributed by atoms with van der Waals surface area (Å²) >= 11 is 0. The fourth-order valence-electron chi connectivity index (χ4n) is 7.43. The van der Waals surface area contributed by atoms with Crippen molar-refractivity contribution in [2.75, 3.05) is 7.11 Å². The van der Waals surface area contributed by atoms with Crippen molar-refractivity contribution < 1.29 is 29.9 Å². The average molecular weight is 781 g/mol. The Morgan fingerprint density at radius 3 is 2.21 bits per heavy atom. The normalized spacial score (nSPS) is 11.3. The first-order valence-corrected chi connectivity index (χ1v) is 18.2. The Hall–Kier alpha value is -4.70. The Balaban J connectivity index is 0.00000464. The number of aromatic nitrogens is 4. The van der Waals surface area contributed by atoms with Crippen LogP contribution in [0.5, 0.6) is 17.2 Å². The zero-order valence-electron chi connectivity index (χ0n) is 31.2. The van der Waals surface area contributed by atoms with Crippen molar-refractivity contribution in [3.63, 3.8) is 0 Å². The summed E-state index contributed by atoms with van der Waals surface area (Å²) in [6, 6.07) is 32.2. The van der Waals surface area contributed by atoms with Gasteiger partial charge in [0.05, 0.1) is 12.8 Å². The van der Waals surface area contributed by atoms with Gasteiger partial charge in [-0.2, -0.15) is 16.7 Å². The quantitative estimate of drug-likeness (QED) is 0.0915. The molecule has 0 bridgehead atoms. The first-order chi connectivity index (χ1) is 24.8. The smallest absolute Gasteiger partial charge is 0.509 e. The second kappa shape index (κ2) is 15.9. The molecule has 7 rings (SSSR count). The van der Waals surface area contributed by atoms with Gasteiger partial charge in [0.2, 0.25) is 0 Å². The predicted octanol–water partition coefficient (Wildman–Crippen LogP) is 11.3. The van der Waals surface area contributed by atoms with Crippen LogP contribution in [0.2, 0.25) is 0 Å². The third kappa shape index (κ3) is 7.18. The first kappa shape index (κ1) is 37.1. The molecule has 0 atom stereocenters. The topological polar surface area (TPSA) is 54.1 Å². The molecule has 7 aromatic rings. The van der Waals surface area contributed by atoms with E-state index in [1.54, 1.807) is 13.3 Å². The van der Waals surface area contributed by atoms with Crippen LogP contribution in [-0.4, -0.2) is 26.4 Å². The zero-order chi connectivity index (χ0) is 35.6. The van der Waals surface area contributed by atoms with E-state index in [9.17, 15) is 0 Å². The van der Waals surface area contributed by atoms with Crippen LogP contribution in [0.15, 0.2) is 79.0 Å². The van der Waals surface area contributed by atoms with Crippen molar-refractivity contribution in [1.29, 1.82) is 0 Å². The van der Waals surface area contributed by atoms with Crippen LogP contribution in [0.3, 0.4) is 0 Å². The van der Waals surface area contributed by atoms with Crippen LogP contribution in [0.25, 0.3) is 44.4 Å². The molecule has 4 aromatic carbocycles. The van der Waals surface area contributed by atoms with Gasteiger partial charge in [-0.05, 0) is 86.4 Å². The van der Waals surface area contributed by atoms with Gasteiger partial charge >= 0.3 is 20.4 Å². The third-order valence-corrected chi connectivity index (χ3v) is 9.68. The molecule has 0 amide bonds. The van der Waals surface area contributed by atoms with Gasteiger partial charge in [0.25, 0.3) is 0 Å². The molecule has 52 heavy (non-hydrogen) atoms. The van der Waals surface area contributed by atoms with Crippen LogP contribution in [0.1, 0.15) is 73.2 Å². The monoisotopic (exact) mass is 780 g/mol. The van der Waals surface area contributed by atoms with Crippen molar-refractivity contribution in [2.24, 2.45) is 0 Å². The number of hydrogen-bond donors (Lipinski definition) is 0. The van der Waals surface area contributed by atoms with Gasteiger partial charge in [-0.3, -0.25) is 4.68 Å². The molecule has 0 aliphatic rings. The maximum absolute atomic E-state index is 6.61. The molecular weight excluding hydrogens is 735 g/mol. The number of aryl methyl sites for hydroxylation is 5.